The minimum Gasteiger partial charge on any atom is -0.497 e. The zero-order valence-corrected chi connectivity index (χ0v) is 22.7. The Kier molecular flexibility index (Phi) is 11.0. The maximum Gasteiger partial charge on any atom is 0.243 e. The van der Waals surface area contributed by atoms with Crippen LogP contribution in [0.1, 0.15) is 23.6 Å². The SMILES string of the molecule is CCNC(=O)C(Cc1ccccc1)N(Cc1cccc(OC)c1)C(=O)CSCc1ccc(Cl)cc1Cl. The van der Waals surface area contributed by atoms with Gasteiger partial charge in [-0.15, -0.1) is 11.8 Å². The average Bonchev–Trinajstić information content (AvgIpc) is 2.88. The van der Waals surface area contributed by atoms with Gasteiger partial charge in [0.25, 0.3) is 0 Å². The summed E-state index contributed by atoms with van der Waals surface area (Å²) in [5.41, 5.74) is 2.77. The first-order valence-corrected chi connectivity index (χ1v) is 13.6. The number of ether oxygens (including phenoxy) is 1. The minimum atomic E-state index is -0.661. The molecule has 1 unspecified atom stereocenters. The zero-order valence-electron chi connectivity index (χ0n) is 20.4. The van der Waals surface area contributed by atoms with Crippen LogP contribution in [-0.4, -0.2) is 42.2 Å². The van der Waals surface area contributed by atoms with Crippen molar-refractivity contribution in [3.05, 3.63) is 99.5 Å². The van der Waals surface area contributed by atoms with Gasteiger partial charge in [-0.25, -0.2) is 0 Å². The fourth-order valence-corrected chi connectivity index (χ4v) is 5.25. The van der Waals surface area contributed by atoms with Crippen molar-refractivity contribution in [3.63, 3.8) is 0 Å². The van der Waals surface area contributed by atoms with E-state index < -0.39 is 6.04 Å². The fraction of sp³-hybridized carbons (Fsp3) is 0.286. The van der Waals surface area contributed by atoms with E-state index in [9.17, 15) is 9.59 Å². The topological polar surface area (TPSA) is 58.6 Å². The van der Waals surface area contributed by atoms with Gasteiger partial charge in [-0.2, -0.15) is 0 Å². The number of nitrogens with zero attached hydrogens (tertiary/aromatic N) is 1. The molecular weight excluding hydrogens is 515 g/mol. The van der Waals surface area contributed by atoms with Gasteiger partial charge < -0.3 is 15.0 Å². The van der Waals surface area contributed by atoms with E-state index in [1.807, 2.05) is 67.6 Å². The van der Waals surface area contributed by atoms with Crippen molar-refractivity contribution in [1.82, 2.24) is 10.2 Å². The molecule has 36 heavy (non-hydrogen) atoms. The van der Waals surface area contributed by atoms with Crippen molar-refractivity contribution in [2.24, 2.45) is 0 Å². The summed E-state index contributed by atoms with van der Waals surface area (Å²) in [6.07, 6.45) is 0.413. The average molecular weight is 546 g/mol. The number of carbonyl (C=O) groups is 2. The van der Waals surface area contributed by atoms with Gasteiger partial charge in [0, 0.05) is 35.3 Å². The molecule has 0 bridgehead atoms. The summed E-state index contributed by atoms with van der Waals surface area (Å²) >= 11 is 13.8. The molecule has 0 aliphatic rings. The summed E-state index contributed by atoms with van der Waals surface area (Å²) in [6, 6.07) is 22.0. The van der Waals surface area contributed by atoms with Crippen molar-refractivity contribution < 1.29 is 14.3 Å². The van der Waals surface area contributed by atoms with Crippen LogP contribution in [0.25, 0.3) is 0 Å². The van der Waals surface area contributed by atoms with Crippen LogP contribution in [0.4, 0.5) is 0 Å². The molecule has 0 aliphatic carbocycles. The number of rotatable bonds is 12. The van der Waals surface area contributed by atoms with Crippen LogP contribution < -0.4 is 10.1 Å². The molecule has 0 saturated carbocycles. The lowest BCUT2D eigenvalue weighted by Gasteiger charge is -2.31. The highest BCUT2D eigenvalue weighted by atomic mass is 35.5. The molecular formula is C28H30Cl2N2O3S. The van der Waals surface area contributed by atoms with Crippen molar-refractivity contribution in [2.45, 2.75) is 31.7 Å². The van der Waals surface area contributed by atoms with Crippen LogP contribution in [0.5, 0.6) is 5.75 Å². The molecule has 0 heterocycles. The molecule has 2 amide bonds. The third-order valence-corrected chi connectivity index (χ3v) is 7.16. The normalized spacial score (nSPS) is 11.6. The third kappa shape index (κ3) is 8.19. The van der Waals surface area contributed by atoms with E-state index >= 15 is 0 Å². The Hall–Kier alpha value is -2.67. The molecule has 1 atom stereocenters. The first kappa shape index (κ1) is 27.9. The number of thioether (sulfide) groups is 1. The van der Waals surface area contributed by atoms with Crippen LogP contribution >= 0.6 is 35.0 Å². The van der Waals surface area contributed by atoms with Gasteiger partial charge in [0.05, 0.1) is 12.9 Å². The lowest BCUT2D eigenvalue weighted by molar-refractivity contribution is -0.139. The molecule has 3 aromatic rings. The lowest BCUT2D eigenvalue weighted by atomic mass is 10.0. The number of nitrogens with one attached hydrogen (secondary N) is 1. The van der Waals surface area contributed by atoms with Gasteiger partial charge in [-0.3, -0.25) is 9.59 Å². The van der Waals surface area contributed by atoms with Crippen molar-refractivity contribution in [1.29, 1.82) is 0 Å². The minimum absolute atomic E-state index is 0.125. The number of hydrogen-bond acceptors (Lipinski definition) is 4. The van der Waals surface area contributed by atoms with Gasteiger partial charge in [0.2, 0.25) is 11.8 Å². The molecule has 8 heteroatoms. The summed E-state index contributed by atoms with van der Waals surface area (Å²) in [7, 11) is 1.60. The van der Waals surface area contributed by atoms with E-state index in [1.165, 1.54) is 11.8 Å². The molecule has 1 N–H and O–H groups in total. The Morgan fingerprint density at radius 1 is 1.00 bits per heavy atom. The molecule has 0 fully saturated rings. The first-order valence-electron chi connectivity index (χ1n) is 11.7. The summed E-state index contributed by atoms with van der Waals surface area (Å²) < 4.78 is 5.36. The Morgan fingerprint density at radius 3 is 2.44 bits per heavy atom. The molecule has 0 saturated heterocycles. The summed E-state index contributed by atoms with van der Waals surface area (Å²) in [5, 5.41) is 4.05. The van der Waals surface area contributed by atoms with Gasteiger partial charge in [-0.05, 0) is 47.9 Å². The molecule has 0 spiro atoms. The van der Waals surface area contributed by atoms with Gasteiger partial charge in [0.15, 0.2) is 0 Å². The highest BCUT2D eigenvalue weighted by Crippen LogP contribution is 2.26. The summed E-state index contributed by atoms with van der Waals surface area (Å²) in [5.74, 6) is 1.15. The Balaban J connectivity index is 1.84. The van der Waals surface area contributed by atoms with E-state index in [1.54, 1.807) is 24.1 Å². The number of benzene rings is 3. The molecule has 0 radical (unpaired) electrons. The molecule has 190 valence electrons. The molecule has 0 aromatic heterocycles. The van der Waals surface area contributed by atoms with E-state index in [4.69, 9.17) is 27.9 Å². The Labute approximate surface area is 227 Å². The monoisotopic (exact) mass is 544 g/mol. The molecule has 3 aromatic carbocycles. The van der Waals surface area contributed by atoms with Crippen LogP contribution in [0.2, 0.25) is 10.0 Å². The second-order valence-corrected chi connectivity index (χ2v) is 10.0. The lowest BCUT2D eigenvalue weighted by Crippen LogP contribution is -2.51. The van der Waals surface area contributed by atoms with Crippen molar-refractivity contribution >= 4 is 46.8 Å². The predicted octanol–water partition coefficient (Wildman–Crippen LogP) is 6.01. The van der Waals surface area contributed by atoms with Crippen LogP contribution in [0, 0.1) is 0 Å². The summed E-state index contributed by atoms with van der Waals surface area (Å²) in [6.45, 7) is 2.64. The van der Waals surface area contributed by atoms with Gasteiger partial charge >= 0.3 is 0 Å². The van der Waals surface area contributed by atoms with Crippen molar-refractivity contribution in [2.75, 3.05) is 19.4 Å². The second kappa shape index (κ2) is 14.2. The van der Waals surface area contributed by atoms with Crippen LogP contribution in [0.3, 0.4) is 0 Å². The fourth-order valence-electron chi connectivity index (χ4n) is 3.78. The molecule has 3 rings (SSSR count). The quantitative estimate of drug-likeness (QED) is 0.303. The van der Waals surface area contributed by atoms with Crippen molar-refractivity contribution in [3.8, 4) is 5.75 Å². The predicted molar refractivity (Wildman–Crippen MR) is 149 cm³/mol. The van der Waals surface area contributed by atoms with Crippen LogP contribution in [0.15, 0.2) is 72.8 Å². The highest BCUT2D eigenvalue weighted by molar-refractivity contribution is 7.99. The van der Waals surface area contributed by atoms with E-state index in [2.05, 4.69) is 5.32 Å². The van der Waals surface area contributed by atoms with Crippen LogP contribution in [-0.2, 0) is 28.3 Å². The van der Waals surface area contributed by atoms with E-state index in [0.717, 1.165) is 16.7 Å². The number of likely N-dealkylation sites (N-methyl/N-ethyl adjacent to an activating group) is 1. The Morgan fingerprint density at radius 2 is 1.75 bits per heavy atom. The maximum absolute atomic E-state index is 13.6. The van der Waals surface area contributed by atoms with Gasteiger partial charge in [0.1, 0.15) is 11.8 Å². The molecule has 5 nitrogen and oxygen atoms in total. The second-order valence-electron chi connectivity index (χ2n) is 8.20. The number of hydrogen-bond donors (Lipinski definition) is 1. The zero-order chi connectivity index (χ0) is 25.9. The van der Waals surface area contributed by atoms with Gasteiger partial charge in [-0.1, -0.05) is 71.7 Å². The molecule has 0 aliphatic heterocycles. The smallest absolute Gasteiger partial charge is 0.243 e. The number of amides is 2. The number of halogens is 2. The van der Waals surface area contributed by atoms with E-state index in [0.29, 0.717) is 34.5 Å². The third-order valence-electron chi connectivity index (χ3n) is 5.61. The summed E-state index contributed by atoms with van der Waals surface area (Å²) in [4.78, 5) is 28.5. The largest absolute Gasteiger partial charge is 0.497 e. The number of carbonyl (C=O) groups excluding carboxylic acids is 2. The Bertz CT molecular complexity index is 1160. The number of methoxy groups -OCH3 is 1. The standard InChI is InChI=1S/C28H30Cl2N2O3S/c1-3-31-28(34)26(15-20-8-5-4-6-9-20)32(17-21-10-7-11-24(14-21)35-2)27(33)19-36-18-22-12-13-23(29)16-25(22)30/h4-14,16,26H,3,15,17-19H2,1-2H3,(H,31,34). The first-order chi connectivity index (χ1) is 17.4. The highest BCUT2D eigenvalue weighted by Gasteiger charge is 2.30. The maximum atomic E-state index is 13.6. The van der Waals surface area contributed by atoms with E-state index in [-0.39, 0.29) is 24.1 Å².